The number of allylic oxidation sites excluding steroid dienone is 1. The molecule has 2 N–H and O–H groups in total. The lowest BCUT2D eigenvalue weighted by Gasteiger charge is -2.21. The van der Waals surface area contributed by atoms with E-state index in [0.29, 0.717) is 17.7 Å². The van der Waals surface area contributed by atoms with Crippen molar-refractivity contribution < 1.29 is 19.1 Å². The van der Waals surface area contributed by atoms with Crippen LogP contribution in [0.3, 0.4) is 0 Å². The molecule has 0 aliphatic carbocycles. The van der Waals surface area contributed by atoms with Gasteiger partial charge in [-0.05, 0) is 86.1 Å². The van der Waals surface area contributed by atoms with Gasteiger partial charge in [0.1, 0.15) is 6.61 Å². The number of aromatic amines is 2. The minimum atomic E-state index is -0.362. The Balaban J connectivity index is 1.75. The molecule has 218 valence electrons. The van der Waals surface area contributed by atoms with E-state index in [-0.39, 0.29) is 36.8 Å². The van der Waals surface area contributed by atoms with Crippen LogP contribution in [0.4, 0.5) is 0 Å². The van der Waals surface area contributed by atoms with Crippen molar-refractivity contribution >= 4 is 45.2 Å². The molecule has 8 heteroatoms. The van der Waals surface area contributed by atoms with Gasteiger partial charge in [-0.25, -0.2) is 9.78 Å². The molecule has 0 fully saturated rings. The second kappa shape index (κ2) is 10.6. The van der Waals surface area contributed by atoms with E-state index < -0.39 is 0 Å². The summed E-state index contributed by atoms with van der Waals surface area (Å²) in [5.74, 6) is -0.630. The summed E-state index contributed by atoms with van der Waals surface area (Å²) in [7, 11) is 1.41. The van der Waals surface area contributed by atoms with Crippen molar-refractivity contribution in [3.8, 4) is 0 Å². The lowest BCUT2D eigenvalue weighted by molar-refractivity contribution is -0.141. The smallest absolute Gasteiger partial charge is 0.341 e. The van der Waals surface area contributed by atoms with Gasteiger partial charge in [0.2, 0.25) is 0 Å². The van der Waals surface area contributed by atoms with Crippen LogP contribution in [0.1, 0.15) is 103 Å². The Morgan fingerprint density at radius 1 is 0.976 bits per heavy atom. The minimum absolute atomic E-state index is 0.0381. The topological polar surface area (TPSA) is 110 Å². The Morgan fingerprint density at radius 3 is 2.26 bits per heavy atom. The number of hydrogen-bond donors (Lipinski definition) is 2. The third kappa shape index (κ3) is 4.35. The molecule has 0 spiro atoms. The van der Waals surface area contributed by atoms with E-state index in [9.17, 15) is 9.59 Å². The zero-order chi connectivity index (χ0) is 29.9. The number of methoxy groups -OCH3 is 1. The van der Waals surface area contributed by atoms with Crippen molar-refractivity contribution in [2.45, 2.75) is 85.7 Å². The van der Waals surface area contributed by atoms with E-state index in [4.69, 9.17) is 19.4 Å². The number of rotatable bonds is 5. The maximum Gasteiger partial charge on any atom is 0.341 e. The Hall–Kier alpha value is -4.20. The van der Waals surface area contributed by atoms with Crippen LogP contribution in [0.5, 0.6) is 0 Å². The number of nitrogens with zero attached hydrogens (tertiary/aromatic N) is 2. The lowest BCUT2D eigenvalue weighted by atomic mass is 9.85. The number of carbonyl (C=O) groups excluding carboxylic acids is 2. The fourth-order valence-corrected chi connectivity index (χ4v) is 6.86. The highest BCUT2D eigenvalue weighted by atomic mass is 16.5. The maximum absolute atomic E-state index is 13.1. The second-order valence-corrected chi connectivity index (χ2v) is 11.6. The molecule has 3 aromatic heterocycles. The van der Waals surface area contributed by atoms with Gasteiger partial charge < -0.3 is 19.4 Å². The first-order chi connectivity index (χ1) is 20.2. The van der Waals surface area contributed by atoms with Gasteiger partial charge in [0.15, 0.2) is 0 Å². The monoisotopic (exact) mass is 566 g/mol. The van der Waals surface area contributed by atoms with Gasteiger partial charge in [0, 0.05) is 51.6 Å². The third-order valence-corrected chi connectivity index (χ3v) is 9.40. The quantitative estimate of drug-likeness (QED) is 0.326. The Morgan fingerprint density at radius 2 is 1.62 bits per heavy atom. The SMILES string of the molecule is CCc1c(C)c2cc3[nH]c(cc4nc(c5c6nc(cc1[nH]2)C(C)=C6C(=O)OC5)[C@@H](CCC(=O)OC)[C@@H]4C)c(C)c3CC. The van der Waals surface area contributed by atoms with Crippen molar-refractivity contribution in [1.82, 2.24) is 19.9 Å². The first kappa shape index (κ1) is 27.9. The molecule has 0 saturated carbocycles. The normalized spacial score (nSPS) is 17.9. The first-order valence-corrected chi connectivity index (χ1v) is 14.9. The molecule has 3 aromatic rings. The number of aromatic nitrogens is 4. The van der Waals surface area contributed by atoms with Gasteiger partial charge in [-0.3, -0.25) is 9.78 Å². The van der Waals surface area contributed by atoms with Crippen LogP contribution < -0.4 is 0 Å². The molecule has 8 nitrogen and oxygen atoms in total. The number of hydrogen-bond acceptors (Lipinski definition) is 6. The van der Waals surface area contributed by atoms with Crippen LogP contribution in [-0.2, 0) is 38.5 Å². The van der Waals surface area contributed by atoms with E-state index in [1.807, 2.05) is 6.92 Å². The highest BCUT2D eigenvalue weighted by Gasteiger charge is 2.37. The molecular weight excluding hydrogens is 528 g/mol. The maximum atomic E-state index is 13.1. The number of ether oxygens (including phenoxy) is 2. The van der Waals surface area contributed by atoms with Crippen molar-refractivity contribution in [2.24, 2.45) is 0 Å². The predicted molar refractivity (Wildman–Crippen MR) is 164 cm³/mol. The molecule has 0 aromatic carbocycles. The van der Waals surface area contributed by atoms with Crippen molar-refractivity contribution in [3.05, 3.63) is 68.8 Å². The summed E-state index contributed by atoms with van der Waals surface area (Å²) in [5, 5.41) is 0. The van der Waals surface area contributed by atoms with Crippen LogP contribution >= 0.6 is 0 Å². The number of cyclic esters (lactones) is 1. The zero-order valence-electron chi connectivity index (χ0n) is 25.4. The van der Waals surface area contributed by atoms with E-state index in [2.05, 4.69) is 62.8 Å². The molecule has 0 radical (unpaired) electrons. The van der Waals surface area contributed by atoms with E-state index >= 15 is 0 Å². The Kier molecular flexibility index (Phi) is 7.03. The molecule has 0 saturated heterocycles. The fraction of sp³-hybridized carbons (Fsp3) is 0.412. The van der Waals surface area contributed by atoms with E-state index in [0.717, 1.165) is 63.1 Å². The molecule has 0 unspecified atom stereocenters. The third-order valence-electron chi connectivity index (χ3n) is 9.40. The number of nitrogens with one attached hydrogen (secondary N) is 2. The Labute approximate surface area is 245 Å². The van der Waals surface area contributed by atoms with E-state index in [1.165, 1.54) is 29.4 Å². The van der Waals surface area contributed by atoms with Gasteiger partial charge in [0.25, 0.3) is 0 Å². The molecule has 6 heterocycles. The second-order valence-electron chi connectivity index (χ2n) is 11.6. The highest BCUT2D eigenvalue weighted by Crippen LogP contribution is 2.45. The lowest BCUT2D eigenvalue weighted by Crippen LogP contribution is -2.18. The summed E-state index contributed by atoms with van der Waals surface area (Å²) in [6, 6.07) is 6.40. The summed E-state index contributed by atoms with van der Waals surface area (Å²) < 4.78 is 10.7. The summed E-state index contributed by atoms with van der Waals surface area (Å²) in [4.78, 5) is 42.9. The van der Waals surface area contributed by atoms with Crippen LogP contribution in [-0.4, -0.2) is 39.0 Å². The van der Waals surface area contributed by atoms with Gasteiger partial charge in [-0.2, -0.15) is 0 Å². The molecular formula is C34H38N4O4. The van der Waals surface area contributed by atoms with Gasteiger partial charge in [-0.1, -0.05) is 20.8 Å². The van der Waals surface area contributed by atoms with Crippen molar-refractivity contribution in [2.75, 3.05) is 7.11 Å². The minimum Gasteiger partial charge on any atom is -0.469 e. The summed E-state index contributed by atoms with van der Waals surface area (Å²) in [6.07, 6.45) is 2.61. The molecule has 2 atom stereocenters. The Bertz CT molecular complexity index is 1840. The number of fused-ring (bicyclic) bond motifs is 8. The van der Waals surface area contributed by atoms with Gasteiger partial charge in [-0.15, -0.1) is 0 Å². The van der Waals surface area contributed by atoms with E-state index in [1.54, 1.807) is 0 Å². The number of H-pyrrole nitrogens is 2. The molecule has 42 heavy (non-hydrogen) atoms. The number of esters is 2. The molecule has 3 aliphatic heterocycles. The van der Waals surface area contributed by atoms with Crippen molar-refractivity contribution in [3.63, 3.8) is 0 Å². The largest absolute Gasteiger partial charge is 0.469 e. The number of aryl methyl sites for hydroxylation is 4. The van der Waals surface area contributed by atoms with Gasteiger partial charge >= 0.3 is 11.9 Å². The van der Waals surface area contributed by atoms with Gasteiger partial charge in [0.05, 0.1) is 29.8 Å². The zero-order valence-corrected chi connectivity index (χ0v) is 25.4. The van der Waals surface area contributed by atoms with Crippen LogP contribution in [0.15, 0.2) is 18.2 Å². The summed E-state index contributed by atoms with van der Waals surface area (Å²) in [5.41, 5.74) is 14.3. The standard InChI is InChI=1S/C34H38N4O4/c1-8-20-16(3)24-12-26-18(5)22(10-11-30(39)41-7)32(37-26)23-15-42-34(40)31-19(6)27(38-33(23)31)14-29-21(9-2)17(4)25(36-29)13-28(20)35-24/h12-14,18,22,35-36H,8-11,15H2,1-7H3/t18-,22-/m0/s1. The molecule has 6 rings (SSSR count). The predicted octanol–water partition coefficient (Wildman–Crippen LogP) is 6.88. The van der Waals surface area contributed by atoms with Crippen LogP contribution in [0.25, 0.3) is 33.2 Å². The summed E-state index contributed by atoms with van der Waals surface area (Å²) in [6.45, 7) is 12.8. The van der Waals surface area contributed by atoms with Crippen LogP contribution in [0.2, 0.25) is 0 Å². The fourth-order valence-electron chi connectivity index (χ4n) is 6.86. The summed E-state index contributed by atoms with van der Waals surface area (Å²) >= 11 is 0. The average molecular weight is 567 g/mol. The molecule has 8 bridgehead atoms. The molecule has 3 aliphatic rings. The average Bonchev–Trinajstić information content (AvgIpc) is 3.65. The van der Waals surface area contributed by atoms with Crippen LogP contribution in [0, 0.1) is 13.8 Å². The number of carbonyl (C=O) groups is 2. The first-order valence-electron chi connectivity index (χ1n) is 14.9. The molecule has 0 amide bonds. The van der Waals surface area contributed by atoms with Crippen molar-refractivity contribution in [1.29, 1.82) is 0 Å². The highest BCUT2D eigenvalue weighted by molar-refractivity contribution is 6.26.